The van der Waals surface area contributed by atoms with Gasteiger partial charge in [-0.2, -0.15) is 4.31 Å². The molecule has 9 nitrogen and oxygen atoms in total. The van der Waals surface area contributed by atoms with Gasteiger partial charge in [0.15, 0.2) is 11.5 Å². The fraction of sp³-hybridized carbons (Fsp3) is 0.536. The summed E-state index contributed by atoms with van der Waals surface area (Å²) in [7, 11) is 1.11. The Morgan fingerprint density at radius 2 is 1.63 bits per heavy atom. The maximum Gasteiger partial charge on any atom is 0.243 e. The van der Waals surface area contributed by atoms with Crippen molar-refractivity contribution < 1.29 is 27.4 Å². The molecule has 2 aromatic rings. The standard InChI is InChI=1S/C28H39N3O6S/c1-20(2)18-24-27(32)31(15-12-21-6-11-25(36-4)26(19-21)37-5)28(29-24)13-16-30(17-14-28)38(33,34)23-9-7-22(35-3)8-10-23/h6-11,19-20,24,29H,12-18H2,1-5H3/t24-/m0/s1. The molecule has 2 aliphatic heterocycles. The highest BCUT2D eigenvalue weighted by molar-refractivity contribution is 7.89. The monoisotopic (exact) mass is 545 g/mol. The first kappa shape index (κ1) is 28.2. The van der Waals surface area contributed by atoms with Gasteiger partial charge in [-0.25, -0.2) is 8.42 Å². The van der Waals surface area contributed by atoms with Gasteiger partial charge in [-0.1, -0.05) is 19.9 Å². The van der Waals surface area contributed by atoms with E-state index in [1.807, 2.05) is 23.1 Å². The van der Waals surface area contributed by atoms with Gasteiger partial charge in [0.2, 0.25) is 15.9 Å². The van der Waals surface area contributed by atoms with Gasteiger partial charge in [0.1, 0.15) is 5.75 Å². The predicted molar refractivity (Wildman–Crippen MR) is 145 cm³/mol. The van der Waals surface area contributed by atoms with Crippen LogP contribution in [0.3, 0.4) is 0 Å². The van der Waals surface area contributed by atoms with Gasteiger partial charge in [0, 0.05) is 19.6 Å². The van der Waals surface area contributed by atoms with Gasteiger partial charge >= 0.3 is 0 Å². The Labute approximate surface area is 226 Å². The highest BCUT2D eigenvalue weighted by Gasteiger charge is 2.52. The van der Waals surface area contributed by atoms with E-state index in [9.17, 15) is 13.2 Å². The third-order valence-electron chi connectivity index (χ3n) is 7.55. The SMILES string of the molecule is COc1ccc(S(=O)(=O)N2CCC3(CC2)N[C@@H](CC(C)C)C(=O)N3CCc2ccc(OC)c(OC)c2)cc1. The lowest BCUT2D eigenvalue weighted by atomic mass is 9.96. The number of ether oxygens (including phenoxy) is 3. The van der Waals surface area contributed by atoms with Gasteiger partial charge in [0.25, 0.3) is 0 Å². The summed E-state index contributed by atoms with van der Waals surface area (Å²) in [5.41, 5.74) is 0.469. The molecule has 4 rings (SSSR count). The number of methoxy groups -OCH3 is 3. The molecule has 10 heteroatoms. The molecule has 2 aliphatic rings. The number of hydrogen-bond donors (Lipinski definition) is 1. The topological polar surface area (TPSA) is 97.4 Å². The normalized spacial score (nSPS) is 19.8. The molecule has 208 valence electrons. The molecular weight excluding hydrogens is 506 g/mol. The molecule has 0 radical (unpaired) electrons. The van der Waals surface area contributed by atoms with E-state index in [1.165, 1.54) is 4.31 Å². The van der Waals surface area contributed by atoms with Crippen molar-refractivity contribution in [1.82, 2.24) is 14.5 Å². The first-order valence-corrected chi connectivity index (χ1v) is 14.5. The number of piperidine rings is 1. The summed E-state index contributed by atoms with van der Waals surface area (Å²) in [6, 6.07) is 12.0. The predicted octanol–water partition coefficient (Wildman–Crippen LogP) is 3.28. The number of hydrogen-bond acceptors (Lipinski definition) is 7. The van der Waals surface area contributed by atoms with E-state index in [-0.39, 0.29) is 16.8 Å². The Bertz CT molecular complexity index is 1220. The van der Waals surface area contributed by atoms with Crippen LogP contribution >= 0.6 is 0 Å². The zero-order valence-corrected chi connectivity index (χ0v) is 23.7. The Balaban J connectivity index is 1.52. The number of amides is 1. The number of nitrogens with one attached hydrogen (secondary N) is 1. The lowest BCUT2D eigenvalue weighted by Gasteiger charge is -2.44. The quantitative estimate of drug-likeness (QED) is 0.489. The Morgan fingerprint density at radius 1 is 0.974 bits per heavy atom. The lowest BCUT2D eigenvalue weighted by molar-refractivity contribution is -0.133. The van der Waals surface area contributed by atoms with Crippen LogP contribution in [0.1, 0.15) is 38.7 Å². The summed E-state index contributed by atoms with van der Waals surface area (Å²) >= 11 is 0. The highest BCUT2D eigenvalue weighted by Crippen LogP contribution is 2.36. The maximum atomic E-state index is 13.6. The number of benzene rings is 2. The van der Waals surface area contributed by atoms with E-state index < -0.39 is 15.7 Å². The van der Waals surface area contributed by atoms with E-state index >= 15 is 0 Å². The fourth-order valence-electron chi connectivity index (χ4n) is 5.50. The minimum absolute atomic E-state index is 0.0886. The smallest absolute Gasteiger partial charge is 0.243 e. The van der Waals surface area contributed by atoms with Crippen molar-refractivity contribution in [2.75, 3.05) is 41.0 Å². The van der Waals surface area contributed by atoms with Crippen LogP contribution < -0.4 is 19.5 Å². The van der Waals surface area contributed by atoms with Crippen LogP contribution in [0.4, 0.5) is 0 Å². The number of nitrogens with zero attached hydrogens (tertiary/aromatic N) is 2. The van der Waals surface area contributed by atoms with Crippen molar-refractivity contribution in [3.05, 3.63) is 48.0 Å². The number of carbonyl (C=O) groups excluding carboxylic acids is 1. The summed E-state index contributed by atoms with van der Waals surface area (Å²) in [6.45, 7) is 5.41. The molecule has 2 heterocycles. The minimum atomic E-state index is -3.65. The molecule has 1 amide bonds. The second-order valence-electron chi connectivity index (χ2n) is 10.4. The second kappa shape index (κ2) is 11.5. The number of sulfonamides is 1. The lowest BCUT2D eigenvalue weighted by Crippen LogP contribution is -2.59. The number of carbonyl (C=O) groups is 1. The zero-order chi connectivity index (χ0) is 27.5. The largest absolute Gasteiger partial charge is 0.497 e. The van der Waals surface area contributed by atoms with Crippen LogP contribution in [0.2, 0.25) is 0 Å². The first-order chi connectivity index (χ1) is 18.1. The van der Waals surface area contributed by atoms with Gasteiger partial charge in [-0.3, -0.25) is 10.1 Å². The Hall–Kier alpha value is -2.82. The van der Waals surface area contributed by atoms with E-state index in [4.69, 9.17) is 14.2 Å². The van der Waals surface area contributed by atoms with Gasteiger partial charge < -0.3 is 19.1 Å². The molecule has 2 aromatic carbocycles. The molecule has 1 atom stereocenters. The van der Waals surface area contributed by atoms with Crippen molar-refractivity contribution in [3.8, 4) is 17.2 Å². The maximum absolute atomic E-state index is 13.6. The van der Waals surface area contributed by atoms with Crippen molar-refractivity contribution in [2.45, 2.75) is 56.1 Å². The van der Waals surface area contributed by atoms with E-state index in [0.717, 1.165) is 12.0 Å². The van der Waals surface area contributed by atoms with E-state index in [2.05, 4.69) is 19.2 Å². The molecule has 0 bridgehead atoms. The third kappa shape index (κ3) is 5.62. The molecule has 1 N–H and O–H groups in total. The van der Waals surface area contributed by atoms with Crippen LogP contribution in [0, 0.1) is 5.92 Å². The first-order valence-electron chi connectivity index (χ1n) is 13.1. The van der Waals surface area contributed by atoms with Crippen molar-refractivity contribution in [3.63, 3.8) is 0 Å². The fourth-order valence-corrected chi connectivity index (χ4v) is 6.94. The van der Waals surface area contributed by atoms with Crippen molar-refractivity contribution in [1.29, 1.82) is 0 Å². The second-order valence-corrected chi connectivity index (χ2v) is 12.3. The molecule has 0 aromatic heterocycles. The summed E-state index contributed by atoms with van der Waals surface area (Å²) < 4.78 is 44.1. The minimum Gasteiger partial charge on any atom is -0.497 e. The average molecular weight is 546 g/mol. The number of rotatable bonds is 10. The van der Waals surface area contributed by atoms with Crippen LogP contribution in [0.5, 0.6) is 17.2 Å². The summed E-state index contributed by atoms with van der Waals surface area (Å²) in [5.74, 6) is 2.37. The molecule has 2 saturated heterocycles. The zero-order valence-electron chi connectivity index (χ0n) is 22.9. The third-order valence-corrected chi connectivity index (χ3v) is 9.46. The summed E-state index contributed by atoms with van der Waals surface area (Å²) in [4.78, 5) is 15.8. The summed E-state index contributed by atoms with van der Waals surface area (Å²) in [6.07, 6.45) is 2.43. The molecule has 2 fully saturated rings. The van der Waals surface area contributed by atoms with Crippen molar-refractivity contribution in [2.24, 2.45) is 5.92 Å². The van der Waals surface area contributed by atoms with Crippen molar-refractivity contribution >= 4 is 15.9 Å². The molecule has 38 heavy (non-hydrogen) atoms. The van der Waals surface area contributed by atoms with E-state index in [1.54, 1.807) is 45.6 Å². The average Bonchev–Trinajstić information content (AvgIpc) is 3.16. The van der Waals surface area contributed by atoms with Crippen LogP contribution in [-0.2, 0) is 21.2 Å². The molecular formula is C28H39N3O6S. The van der Waals surface area contributed by atoms with E-state index in [0.29, 0.717) is 62.1 Å². The molecule has 0 unspecified atom stereocenters. The van der Waals surface area contributed by atoms with Crippen LogP contribution in [0.25, 0.3) is 0 Å². The molecule has 0 saturated carbocycles. The molecule has 0 aliphatic carbocycles. The molecule has 1 spiro atoms. The highest BCUT2D eigenvalue weighted by atomic mass is 32.2. The van der Waals surface area contributed by atoms with Gasteiger partial charge in [-0.15, -0.1) is 0 Å². The van der Waals surface area contributed by atoms with Gasteiger partial charge in [0.05, 0.1) is 37.9 Å². The van der Waals surface area contributed by atoms with Gasteiger partial charge in [-0.05, 0) is 73.6 Å². The Kier molecular flexibility index (Phi) is 8.54. The van der Waals surface area contributed by atoms with Crippen LogP contribution in [0.15, 0.2) is 47.4 Å². The summed E-state index contributed by atoms with van der Waals surface area (Å²) in [5, 5.41) is 3.64. The Morgan fingerprint density at radius 3 is 2.21 bits per heavy atom. The van der Waals surface area contributed by atoms with Crippen LogP contribution in [-0.4, -0.2) is 76.2 Å².